The highest BCUT2D eigenvalue weighted by Gasteiger charge is 2.29. The molecule has 1 atom stereocenters. The van der Waals surface area contributed by atoms with Gasteiger partial charge < -0.3 is 20.7 Å². The minimum atomic E-state index is -0.696. The number of hydrogen-bond donors (Lipinski definition) is 4. The van der Waals surface area contributed by atoms with E-state index in [0.717, 1.165) is 47.5 Å². The summed E-state index contributed by atoms with van der Waals surface area (Å²) in [6.07, 6.45) is 6.47. The van der Waals surface area contributed by atoms with Crippen LogP contribution in [0.15, 0.2) is 36.7 Å². The molecule has 1 aliphatic heterocycles. The van der Waals surface area contributed by atoms with Crippen molar-refractivity contribution in [2.45, 2.75) is 25.4 Å². The molecule has 0 aromatic carbocycles. The summed E-state index contributed by atoms with van der Waals surface area (Å²) < 4.78 is 0. The molecule has 4 rings (SSSR count). The Morgan fingerprint density at radius 1 is 1.41 bits per heavy atom. The van der Waals surface area contributed by atoms with Crippen molar-refractivity contribution in [2.75, 3.05) is 25.0 Å². The summed E-state index contributed by atoms with van der Waals surface area (Å²) in [4.78, 5) is 11.4. The van der Waals surface area contributed by atoms with Crippen LogP contribution in [-0.4, -0.2) is 57.2 Å². The van der Waals surface area contributed by atoms with Crippen LogP contribution in [-0.2, 0) is 0 Å². The second kappa shape index (κ2) is 7.63. The lowest BCUT2D eigenvalue weighted by Crippen LogP contribution is -2.46. The van der Waals surface area contributed by atoms with Crippen LogP contribution in [0.25, 0.3) is 27.9 Å². The van der Waals surface area contributed by atoms with Gasteiger partial charge in [-0.3, -0.25) is 10.1 Å². The van der Waals surface area contributed by atoms with Crippen molar-refractivity contribution in [1.82, 2.24) is 25.5 Å². The standard InChI is InChI=1S/C21H25N7O/c1-21(29)7-4-8-28(13-21)19-6-3-5-16(25-19)20-15-9-17(14(10-22)11-23-2)24-12-18(15)26-27-20/h3,5-6,9-12,22-23,29H,4,7-8,13H2,1-2H3,(H,26,27)/b14-11+,22-10?/t21-/m0/s1. The summed E-state index contributed by atoms with van der Waals surface area (Å²) in [5.41, 5.74) is 2.98. The number of pyridine rings is 2. The molecule has 1 fully saturated rings. The van der Waals surface area contributed by atoms with Crippen molar-refractivity contribution in [3.8, 4) is 11.4 Å². The number of aliphatic hydroxyl groups is 1. The van der Waals surface area contributed by atoms with Gasteiger partial charge in [-0.1, -0.05) is 6.07 Å². The lowest BCUT2D eigenvalue weighted by Gasteiger charge is -2.37. The highest BCUT2D eigenvalue weighted by atomic mass is 16.3. The van der Waals surface area contributed by atoms with Crippen LogP contribution >= 0.6 is 0 Å². The van der Waals surface area contributed by atoms with Crippen molar-refractivity contribution in [2.24, 2.45) is 0 Å². The Bertz CT molecular complexity index is 1070. The molecule has 0 saturated carbocycles. The highest BCUT2D eigenvalue weighted by Crippen LogP contribution is 2.29. The van der Waals surface area contributed by atoms with E-state index >= 15 is 0 Å². The Morgan fingerprint density at radius 3 is 3.03 bits per heavy atom. The lowest BCUT2D eigenvalue weighted by atomic mass is 9.95. The van der Waals surface area contributed by atoms with E-state index in [1.165, 1.54) is 6.21 Å². The topological polar surface area (TPSA) is 114 Å². The van der Waals surface area contributed by atoms with Crippen LogP contribution in [0.1, 0.15) is 25.5 Å². The third kappa shape index (κ3) is 3.84. The summed E-state index contributed by atoms with van der Waals surface area (Å²) in [5, 5.41) is 29.4. The molecule has 0 bridgehead atoms. The average molecular weight is 391 g/mol. The molecule has 29 heavy (non-hydrogen) atoms. The fourth-order valence-corrected chi connectivity index (χ4v) is 3.76. The fraction of sp³-hybridized carbons (Fsp3) is 0.333. The van der Waals surface area contributed by atoms with Gasteiger partial charge in [-0.15, -0.1) is 0 Å². The van der Waals surface area contributed by atoms with Gasteiger partial charge >= 0.3 is 0 Å². The van der Waals surface area contributed by atoms with Crippen LogP contribution < -0.4 is 10.2 Å². The molecule has 3 aromatic rings. The molecule has 150 valence electrons. The average Bonchev–Trinajstić information content (AvgIpc) is 3.14. The van der Waals surface area contributed by atoms with Crippen molar-refractivity contribution >= 4 is 28.5 Å². The monoisotopic (exact) mass is 391 g/mol. The van der Waals surface area contributed by atoms with Gasteiger partial charge in [0.05, 0.1) is 28.7 Å². The molecule has 0 amide bonds. The number of nitrogens with one attached hydrogen (secondary N) is 3. The number of aromatic nitrogens is 4. The molecular formula is C21H25N7O. The first-order chi connectivity index (χ1) is 14.0. The van der Waals surface area contributed by atoms with E-state index in [1.807, 2.05) is 31.2 Å². The Morgan fingerprint density at radius 2 is 2.28 bits per heavy atom. The van der Waals surface area contributed by atoms with Crippen LogP contribution in [0, 0.1) is 5.41 Å². The zero-order valence-corrected chi connectivity index (χ0v) is 16.6. The molecule has 4 N–H and O–H groups in total. The van der Waals surface area contributed by atoms with E-state index in [0.29, 0.717) is 17.8 Å². The van der Waals surface area contributed by atoms with E-state index in [9.17, 15) is 5.11 Å². The summed E-state index contributed by atoms with van der Waals surface area (Å²) in [7, 11) is 1.79. The first-order valence-electron chi connectivity index (χ1n) is 9.68. The van der Waals surface area contributed by atoms with Crippen LogP contribution in [0.2, 0.25) is 0 Å². The van der Waals surface area contributed by atoms with Gasteiger partial charge in [-0.25, -0.2) is 4.98 Å². The van der Waals surface area contributed by atoms with Crippen LogP contribution in [0.3, 0.4) is 0 Å². The predicted molar refractivity (Wildman–Crippen MR) is 115 cm³/mol. The number of β-amino-alcohol motifs (C(OH)–C–C–N with tert-alkyl or cyclic N) is 1. The van der Waals surface area contributed by atoms with Crippen molar-refractivity contribution in [3.05, 3.63) is 42.4 Å². The Hall–Kier alpha value is -3.26. The second-order valence-electron chi connectivity index (χ2n) is 7.62. The molecule has 1 aliphatic rings. The normalized spacial score (nSPS) is 20.1. The molecule has 3 aromatic heterocycles. The number of anilines is 1. The summed E-state index contributed by atoms with van der Waals surface area (Å²) >= 11 is 0. The quantitative estimate of drug-likeness (QED) is 0.497. The number of allylic oxidation sites excluding steroid dienone is 1. The van der Waals surface area contributed by atoms with Crippen LogP contribution in [0.4, 0.5) is 5.82 Å². The lowest BCUT2D eigenvalue weighted by molar-refractivity contribution is 0.0447. The summed E-state index contributed by atoms with van der Waals surface area (Å²) in [5.74, 6) is 0.836. The number of H-pyrrole nitrogens is 1. The van der Waals surface area contributed by atoms with Crippen molar-refractivity contribution in [1.29, 1.82) is 5.41 Å². The summed E-state index contributed by atoms with van der Waals surface area (Å²) in [6, 6.07) is 7.79. The molecule has 4 heterocycles. The maximum absolute atomic E-state index is 10.4. The largest absolute Gasteiger partial charge is 0.393 e. The number of hydrogen-bond acceptors (Lipinski definition) is 7. The van der Waals surface area contributed by atoms with Gasteiger partial charge in [0.2, 0.25) is 0 Å². The Balaban J connectivity index is 1.73. The highest BCUT2D eigenvalue weighted by molar-refractivity contribution is 6.08. The van der Waals surface area contributed by atoms with Crippen molar-refractivity contribution < 1.29 is 5.11 Å². The summed E-state index contributed by atoms with van der Waals surface area (Å²) in [6.45, 7) is 3.31. The number of piperidine rings is 1. The maximum atomic E-state index is 10.4. The Labute approximate surface area is 169 Å². The first-order valence-corrected chi connectivity index (χ1v) is 9.68. The van der Waals surface area contributed by atoms with Crippen LogP contribution in [0.5, 0.6) is 0 Å². The zero-order chi connectivity index (χ0) is 20.4. The molecule has 0 aliphatic carbocycles. The van der Waals surface area contributed by atoms with E-state index in [1.54, 1.807) is 19.4 Å². The first kappa shape index (κ1) is 19.1. The molecule has 0 spiro atoms. The number of rotatable bonds is 5. The minimum absolute atomic E-state index is 0.566. The zero-order valence-electron chi connectivity index (χ0n) is 16.6. The van der Waals surface area contributed by atoms with E-state index in [2.05, 4.69) is 25.4 Å². The van der Waals surface area contributed by atoms with Gasteiger partial charge in [0.1, 0.15) is 11.5 Å². The molecule has 8 heteroatoms. The van der Waals surface area contributed by atoms with Gasteiger partial charge in [0.25, 0.3) is 0 Å². The van der Waals surface area contributed by atoms with E-state index in [-0.39, 0.29) is 0 Å². The predicted octanol–water partition coefficient (Wildman–Crippen LogP) is 2.58. The Kier molecular flexibility index (Phi) is 5.02. The minimum Gasteiger partial charge on any atom is -0.393 e. The van der Waals surface area contributed by atoms with Gasteiger partial charge in [0, 0.05) is 43.5 Å². The van der Waals surface area contributed by atoms with Gasteiger partial charge in [-0.05, 0) is 38.0 Å². The van der Waals surface area contributed by atoms with Gasteiger partial charge in [0.15, 0.2) is 0 Å². The fourth-order valence-electron chi connectivity index (χ4n) is 3.76. The molecule has 8 nitrogen and oxygen atoms in total. The molecule has 0 unspecified atom stereocenters. The smallest absolute Gasteiger partial charge is 0.129 e. The van der Waals surface area contributed by atoms with Gasteiger partial charge in [-0.2, -0.15) is 5.10 Å². The third-order valence-electron chi connectivity index (χ3n) is 5.17. The number of aromatic amines is 1. The maximum Gasteiger partial charge on any atom is 0.129 e. The van der Waals surface area contributed by atoms with Crippen molar-refractivity contribution in [3.63, 3.8) is 0 Å². The van der Waals surface area contributed by atoms with E-state index < -0.39 is 5.60 Å². The molecular weight excluding hydrogens is 366 g/mol. The number of fused-ring (bicyclic) bond motifs is 1. The number of nitrogens with zero attached hydrogens (tertiary/aromatic N) is 4. The second-order valence-corrected chi connectivity index (χ2v) is 7.62. The molecule has 0 radical (unpaired) electrons. The third-order valence-corrected chi connectivity index (χ3v) is 5.17. The SMILES string of the molecule is CN/C=C(\C=N)c1cc2c(-c3cccc(N4CCC[C@](C)(O)C4)n3)n[nH]c2cn1. The molecule has 1 saturated heterocycles. The van der Waals surface area contributed by atoms with E-state index in [4.69, 9.17) is 10.4 Å².